The van der Waals surface area contributed by atoms with Gasteiger partial charge in [-0.2, -0.15) is 0 Å². The highest BCUT2D eigenvalue weighted by Crippen LogP contribution is 2.32. The molecule has 0 spiro atoms. The predicted octanol–water partition coefficient (Wildman–Crippen LogP) is 5.46. The maximum absolute atomic E-state index is 15.1. The molecular weight excluding hydrogens is 512 g/mol. The molecule has 1 N–H and O–H groups in total. The Kier molecular flexibility index (Phi) is 9.15. The molecule has 0 aliphatic carbocycles. The second kappa shape index (κ2) is 12.4. The minimum absolute atomic E-state index is 0.0526. The zero-order valence-electron chi connectivity index (χ0n) is 22.4. The van der Waals surface area contributed by atoms with E-state index in [1.807, 2.05) is 23.6 Å². The number of hydrogen-bond acceptors (Lipinski definition) is 4. The second-order valence-corrected chi connectivity index (χ2v) is 10.3. The highest BCUT2D eigenvalue weighted by atomic mass is 19.3. The van der Waals surface area contributed by atoms with Gasteiger partial charge in [0, 0.05) is 63.7 Å². The fourth-order valence-electron chi connectivity index (χ4n) is 5.38. The van der Waals surface area contributed by atoms with E-state index < -0.39 is 36.4 Å². The Morgan fingerprint density at radius 1 is 0.923 bits per heavy atom. The molecule has 1 unspecified atom stereocenters. The summed E-state index contributed by atoms with van der Waals surface area (Å²) in [6, 6.07) is 9.61. The normalized spacial score (nSPS) is 18.7. The third-order valence-electron chi connectivity index (χ3n) is 7.80. The highest BCUT2D eigenvalue weighted by molar-refractivity contribution is 5.92. The van der Waals surface area contributed by atoms with Crippen LogP contribution in [0.15, 0.2) is 42.5 Å². The van der Waals surface area contributed by atoms with Crippen LogP contribution in [0.1, 0.15) is 51.1 Å². The van der Waals surface area contributed by atoms with Crippen LogP contribution in [0.2, 0.25) is 0 Å². The number of hydrogen-bond donors (Lipinski definition) is 1. The van der Waals surface area contributed by atoms with Gasteiger partial charge in [0.25, 0.3) is 5.92 Å². The first-order chi connectivity index (χ1) is 18.6. The second-order valence-electron chi connectivity index (χ2n) is 10.3. The van der Waals surface area contributed by atoms with Gasteiger partial charge in [-0.25, -0.2) is 17.6 Å². The van der Waals surface area contributed by atoms with Crippen molar-refractivity contribution >= 4 is 23.2 Å². The van der Waals surface area contributed by atoms with Gasteiger partial charge in [-0.1, -0.05) is 26.0 Å². The van der Waals surface area contributed by atoms with Gasteiger partial charge in [-0.15, -0.1) is 0 Å². The van der Waals surface area contributed by atoms with Crippen LogP contribution in [0.3, 0.4) is 0 Å². The number of carbonyl (C=O) groups excluding carboxylic acids is 2. The van der Waals surface area contributed by atoms with Crippen LogP contribution in [0.4, 0.5) is 28.9 Å². The number of piperidine rings is 1. The number of carbonyl (C=O) groups is 2. The van der Waals surface area contributed by atoms with Crippen molar-refractivity contribution in [1.29, 1.82) is 0 Å². The summed E-state index contributed by atoms with van der Waals surface area (Å²) < 4.78 is 56.6. The number of amides is 2. The summed E-state index contributed by atoms with van der Waals surface area (Å²) in [5, 5.41) is 2.78. The molecule has 0 saturated carbocycles. The van der Waals surface area contributed by atoms with E-state index >= 15 is 4.39 Å². The number of benzene rings is 2. The molecule has 0 aromatic heterocycles. The first-order valence-corrected chi connectivity index (χ1v) is 13.6. The summed E-state index contributed by atoms with van der Waals surface area (Å²) in [7, 11) is 0. The van der Waals surface area contributed by atoms with E-state index in [0.717, 1.165) is 0 Å². The molecule has 212 valence electrons. The van der Waals surface area contributed by atoms with Crippen molar-refractivity contribution in [3.63, 3.8) is 0 Å². The summed E-state index contributed by atoms with van der Waals surface area (Å²) >= 11 is 0. The fraction of sp³-hybridized carbons (Fsp3) is 0.517. The maximum atomic E-state index is 15.1. The van der Waals surface area contributed by atoms with Gasteiger partial charge in [0.05, 0.1) is 5.69 Å². The number of anilines is 2. The molecule has 2 amide bonds. The van der Waals surface area contributed by atoms with Crippen molar-refractivity contribution in [2.24, 2.45) is 5.92 Å². The van der Waals surface area contributed by atoms with E-state index in [9.17, 15) is 22.8 Å². The number of likely N-dealkylation sites (tertiary alicyclic amines) is 1. The third kappa shape index (κ3) is 6.90. The summed E-state index contributed by atoms with van der Waals surface area (Å²) in [5.41, 5.74) is 1.26. The van der Waals surface area contributed by atoms with Crippen molar-refractivity contribution in [3.8, 4) is 0 Å². The minimum Gasteiger partial charge on any atom is -0.367 e. The van der Waals surface area contributed by atoms with Gasteiger partial charge in [0.1, 0.15) is 17.7 Å². The van der Waals surface area contributed by atoms with E-state index in [0.29, 0.717) is 56.0 Å². The third-order valence-corrected chi connectivity index (χ3v) is 7.80. The summed E-state index contributed by atoms with van der Waals surface area (Å²) in [5.74, 6) is -4.31. The Bertz CT molecular complexity index is 1160. The Hall–Kier alpha value is -3.14. The topological polar surface area (TPSA) is 55.9 Å². The molecule has 2 aliphatic rings. The number of nitrogens with zero attached hydrogens (tertiary/aromatic N) is 3. The lowest BCUT2D eigenvalue weighted by atomic mass is 10.00. The van der Waals surface area contributed by atoms with E-state index in [1.165, 1.54) is 29.2 Å². The molecular formula is C29H36F4N4O2. The van der Waals surface area contributed by atoms with Gasteiger partial charge in [0.15, 0.2) is 0 Å². The molecule has 2 aromatic rings. The molecule has 6 nitrogen and oxygen atoms in total. The standard InChI is InChI=1S/C29H36F4N4O2/c1-3-20(4-2)27(38)34-23-8-9-25(24(31)19-23)35-14-16-36(17-15-35)26(21-6-5-7-22(30)18-21)28(39)37-12-10-29(32,33)11-13-37/h5-9,18-20,26H,3-4,10-17H2,1-2H3,(H,34,38). The van der Waals surface area contributed by atoms with Crippen LogP contribution in [0.25, 0.3) is 0 Å². The lowest BCUT2D eigenvalue weighted by Crippen LogP contribution is -2.53. The monoisotopic (exact) mass is 548 g/mol. The van der Waals surface area contributed by atoms with Crippen LogP contribution in [-0.2, 0) is 9.59 Å². The fourth-order valence-corrected chi connectivity index (χ4v) is 5.38. The molecule has 0 radical (unpaired) electrons. The number of nitrogens with one attached hydrogen (secondary N) is 1. The first kappa shape index (κ1) is 28.9. The molecule has 0 bridgehead atoms. The quantitative estimate of drug-likeness (QED) is 0.445. The summed E-state index contributed by atoms with van der Waals surface area (Å²) in [4.78, 5) is 31.1. The molecule has 2 aliphatic heterocycles. The Morgan fingerprint density at radius 3 is 2.18 bits per heavy atom. The summed E-state index contributed by atoms with van der Waals surface area (Å²) in [6.45, 7) is 5.38. The smallest absolute Gasteiger partial charge is 0.251 e. The molecule has 39 heavy (non-hydrogen) atoms. The van der Waals surface area contributed by atoms with Crippen LogP contribution >= 0.6 is 0 Å². The SMILES string of the molecule is CCC(CC)C(=O)Nc1ccc(N2CCN(C(C(=O)N3CCC(F)(F)CC3)c3cccc(F)c3)CC2)c(F)c1. The molecule has 1 atom stereocenters. The van der Waals surface area contributed by atoms with E-state index in [-0.39, 0.29) is 30.8 Å². The Balaban J connectivity index is 1.46. The van der Waals surface area contributed by atoms with E-state index in [4.69, 9.17) is 0 Å². The number of halogens is 4. The molecule has 2 heterocycles. The van der Waals surface area contributed by atoms with Crippen LogP contribution < -0.4 is 10.2 Å². The molecule has 10 heteroatoms. The van der Waals surface area contributed by atoms with E-state index in [1.54, 1.807) is 18.2 Å². The molecule has 2 fully saturated rings. The largest absolute Gasteiger partial charge is 0.367 e. The van der Waals surface area contributed by atoms with Crippen molar-refractivity contribution in [2.75, 3.05) is 49.5 Å². The molecule has 4 rings (SSSR count). The first-order valence-electron chi connectivity index (χ1n) is 13.6. The zero-order valence-corrected chi connectivity index (χ0v) is 22.4. The lowest BCUT2D eigenvalue weighted by Gasteiger charge is -2.42. The maximum Gasteiger partial charge on any atom is 0.251 e. The van der Waals surface area contributed by atoms with Crippen LogP contribution in [0.5, 0.6) is 0 Å². The molecule has 2 aromatic carbocycles. The minimum atomic E-state index is -2.78. The lowest BCUT2D eigenvalue weighted by molar-refractivity contribution is -0.143. The van der Waals surface area contributed by atoms with E-state index in [2.05, 4.69) is 5.32 Å². The average Bonchev–Trinajstić information content (AvgIpc) is 2.90. The molecule has 2 saturated heterocycles. The zero-order chi connectivity index (χ0) is 28.2. The Labute approximate surface area is 226 Å². The van der Waals surface area contributed by atoms with Crippen molar-refractivity contribution in [3.05, 3.63) is 59.7 Å². The van der Waals surface area contributed by atoms with Gasteiger partial charge >= 0.3 is 0 Å². The summed E-state index contributed by atoms with van der Waals surface area (Å²) in [6.07, 6.45) is 0.623. The van der Waals surface area contributed by atoms with Crippen molar-refractivity contribution < 1.29 is 27.2 Å². The number of piperazine rings is 1. The van der Waals surface area contributed by atoms with Crippen molar-refractivity contribution in [2.45, 2.75) is 51.5 Å². The van der Waals surface area contributed by atoms with Gasteiger partial charge in [-0.05, 0) is 48.7 Å². The van der Waals surface area contributed by atoms with Crippen molar-refractivity contribution in [1.82, 2.24) is 9.80 Å². The predicted molar refractivity (Wildman–Crippen MR) is 143 cm³/mol. The number of alkyl halides is 2. The Morgan fingerprint density at radius 2 is 1.59 bits per heavy atom. The van der Waals surface area contributed by atoms with Gasteiger partial charge in [0.2, 0.25) is 11.8 Å². The van der Waals surface area contributed by atoms with Crippen LogP contribution in [-0.4, -0.2) is 66.8 Å². The average molecular weight is 549 g/mol. The van der Waals surface area contributed by atoms with Gasteiger partial charge < -0.3 is 15.1 Å². The highest BCUT2D eigenvalue weighted by Gasteiger charge is 2.40. The van der Waals surface area contributed by atoms with Gasteiger partial charge in [-0.3, -0.25) is 14.5 Å². The van der Waals surface area contributed by atoms with Crippen LogP contribution in [0, 0.1) is 17.6 Å². The number of rotatable bonds is 8.